The van der Waals surface area contributed by atoms with E-state index in [9.17, 15) is 10.1 Å². The van der Waals surface area contributed by atoms with Crippen LogP contribution < -0.4 is 10.6 Å². The van der Waals surface area contributed by atoms with E-state index in [0.29, 0.717) is 24.7 Å². The summed E-state index contributed by atoms with van der Waals surface area (Å²) in [5.41, 5.74) is 0.167. The van der Waals surface area contributed by atoms with Gasteiger partial charge in [-0.25, -0.2) is 4.98 Å². The van der Waals surface area contributed by atoms with Crippen LogP contribution in [-0.2, 0) is 13.1 Å². The Morgan fingerprint density at radius 3 is 2.11 bits per heavy atom. The number of nitro groups is 1. The Hall–Kier alpha value is -3.50. The molecule has 0 aromatic carbocycles. The van der Waals surface area contributed by atoms with Gasteiger partial charge in [0.1, 0.15) is 5.69 Å². The van der Waals surface area contributed by atoms with Crippen molar-refractivity contribution in [1.82, 2.24) is 29.5 Å². The highest BCUT2D eigenvalue weighted by Gasteiger charge is 2.24. The van der Waals surface area contributed by atoms with Crippen LogP contribution in [0.15, 0.2) is 36.9 Å². The van der Waals surface area contributed by atoms with E-state index >= 15 is 0 Å². The molecule has 0 fully saturated rings. The van der Waals surface area contributed by atoms with Gasteiger partial charge in [0, 0.05) is 36.9 Å². The summed E-state index contributed by atoms with van der Waals surface area (Å²) in [4.78, 5) is 19.7. The summed E-state index contributed by atoms with van der Waals surface area (Å²) in [6.45, 7) is 6.65. The first-order valence-corrected chi connectivity index (χ1v) is 8.93. The van der Waals surface area contributed by atoms with Gasteiger partial charge in [-0.1, -0.05) is 0 Å². The van der Waals surface area contributed by atoms with Crippen molar-refractivity contribution >= 4 is 17.5 Å². The lowest BCUT2D eigenvalue weighted by Gasteiger charge is -2.18. The van der Waals surface area contributed by atoms with E-state index in [0.717, 1.165) is 0 Å². The van der Waals surface area contributed by atoms with Crippen LogP contribution in [0.5, 0.6) is 0 Å². The summed E-state index contributed by atoms with van der Waals surface area (Å²) in [7, 11) is 0. The van der Waals surface area contributed by atoms with Crippen molar-refractivity contribution in [2.24, 2.45) is 0 Å². The minimum Gasteiger partial charge on any atom is -0.360 e. The number of anilines is 2. The zero-order chi connectivity index (χ0) is 20.1. The molecule has 0 aliphatic heterocycles. The molecule has 0 unspecified atom stereocenters. The quantitative estimate of drug-likeness (QED) is 0.423. The van der Waals surface area contributed by atoms with Crippen LogP contribution in [0.3, 0.4) is 0 Å². The first kappa shape index (κ1) is 19.3. The van der Waals surface area contributed by atoms with E-state index in [-0.39, 0.29) is 23.6 Å². The highest BCUT2D eigenvalue weighted by molar-refractivity contribution is 5.61. The largest absolute Gasteiger partial charge is 0.360 e. The highest BCUT2D eigenvalue weighted by Crippen LogP contribution is 2.27. The maximum atomic E-state index is 11.5. The fourth-order valence-corrected chi connectivity index (χ4v) is 2.87. The van der Waals surface area contributed by atoms with E-state index in [1.165, 1.54) is 0 Å². The molecule has 11 nitrogen and oxygen atoms in total. The van der Waals surface area contributed by atoms with Crippen LogP contribution in [-0.4, -0.2) is 46.5 Å². The van der Waals surface area contributed by atoms with Crippen LogP contribution >= 0.6 is 0 Å². The summed E-state index contributed by atoms with van der Waals surface area (Å²) < 4.78 is 3.55. The number of hydrogen-bond donors (Lipinski definition) is 2. The van der Waals surface area contributed by atoms with Crippen LogP contribution in [0.1, 0.15) is 19.5 Å². The van der Waals surface area contributed by atoms with E-state index in [2.05, 4.69) is 30.8 Å². The molecular weight excluding hydrogens is 362 g/mol. The highest BCUT2D eigenvalue weighted by atomic mass is 16.6. The third kappa shape index (κ3) is 4.81. The van der Waals surface area contributed by atoms with Crippen LogP contribution in [0.25, 0.3) is 0 Å². The van der Waals surface area contributed by atoms with Gasteiger partial charge < -0.3 is 10.6 Å². The Kier molecular flexibility index (Phi) is 5.82. The molecule has 0 saturated carbocycles. The Morgan fingerprint density at radius 1 is 1.04 bits per heavy atom. The molecular formula is C17H23N9O2. The molecule has 0 aliphatic carbocycles. The van der Waals surface area contributed by atoms with Crippen molar-refractivity contribution in [3.63, 3.8) is 0 Å². The third-order valence-electron chi connectivity index (χ3n) is 4.04. The molecule has 148 valence electrons. The zero-order valence-corrected chi connectivity index (χ0v) is 16.0. The van der Waals surface area contributed by atoms with Crippen molar-refractivity contribution in [3.05, 3.63) is 52.7 Å². The van der Waals surface area contributed by atoms with Crippen LogP contribution in [0.4, 0.5) is 17.5 Å². The molecule has 0 amide bonds. The SMILES string of the molecule is Cc1nc(N[C@H](C)Cn2cccn2)nc(N[C@H](C)Cn2cccn2)c1[N+](=O)[O-]. The summed E-state index contributed by atoms with van der Waals surface area (Å²) in [6, 6.07) is 3.53. The smallest absolute Gasteiger partial charge is 0.332 e. The number of aromatic nitrogens is 6. The third-order valence-corrected chi connectivity index (χ3v) is 4.04. The van der Waals surface area contributed by atoms with Gasteiger partial charge in [-0.05, 0) is 32.9 Å². The maximum Gasteiger partial charge on any atom is 0.332 e. The fraction of sp³-hybridized carbons (Fsp3) is 0.412. The van der Waals surface area contributed by atoms with E-state index in [4.69, 9.17) is 0 Å². The Balaban J connectivity index is 1.77. The predicted octanol–water partition coefficient (Wildman–Crippen LogP) is 2.09. The van der Waals surface area contributed by atoms with E-state index in [1.54, 1.807) is 28.7 Å². The van der Waals surface area contributed by atoms with Gasteiger partial charge in [-0.15, -0.1) is 0 Å². The molecule has 3 aromatic heterocycles. The molecule has 3 heterocycles. The maximum absolute atomic E-state index is 11.5. The summed E-state index contributed by atoms with van der Waals surface area (Å²) >= 11 is 0. The average molecular weight is 385 g/mol. The van der Waals surface area contributed by atoms with Gasteiger partial charge in [0.05, 0.1) is 18.0 Å². The molecule has 3 aromatic rings. The molecule has 0 radical (unpaired) electrons. The molecule has 0 bridgehead atoms. The van der Waals surface area contributed by atoms with E-state index < -0.39 is 4.92 Å². The Labute approximate surface area is 162 Å². The lowest BCUT2D eigenvalue weighted by molar-refractivity contribution is -0.385. The van der Waals surface area contributed by atoms with Gasteiger partial charge in [0.25, 0.3) is 0 Å². The molecule has 0 aliphatic rings. The molecule has 2 N–H and O–H groups in total. The summed E-state index contributed by atoms with van der Waals surface area (Å²) in [6.07, 6.45) is 7.10. The number of hydrogen-bond acceptors (Lipinski definition) is 8. The van der Waals surface area contributed by atoms with Crippen molar-refractivity contribution in [2.75, 3.05) is 10.6 Å². The average Bonchev–Trinajstić information content (AvgIpc) is 3.27. The monoisotopic (exact) mass is 385 g/mol. The topological polar surface area (TPSA) is 129 Å². The van der Waals surface area contributed by atoms with Crippen LogP contribution in [0.2, 0.25) is 0 Å². The first-order chi connectivity index (χ1) is 13.4. The first-order valence-electron chi connectivity index (χ1n) is 8.93. The lowest BCUT2D eigenvalue weighted by Crippen LogP contribution is -2.26. The van der Waals surface area contributed by atoms with Crippen molar-refractivity contribution in [2.45, 2.75) is 45.9 Å². The van der Waals surface area contributed by atoms with Gasteiger partial charge in [0.2, 0.25) is 11.8 Å². The van der Waals surface area contributed by atoms with Gasteiger partial charge in [-0.2, -0.15) is 15.2 Å². The van der Waals surface area contributed by atoms with Crippen molar-refractivity contribution < 1.29 is 4.92 Å². The second-order valence-electron chi connectivity index (χ2n) is 6.63. The Bertz CT molecular complexity index is 909. The fourth-order valence-electron chi connectivity index (χ4n) is 2.87. The number of nitrogens with zero attached hydrogens (tertiary/aromatic N) is 7. The standard InChI is InChI=1S/C17H23N9O2/c1-12(10-24-8-4-6-18-24)20-16-15(26(27)28)14(3)22-17(23-16)21-13(2)11-25-9-5-7-19-25/h4-9,12-13H,10-11H2,1-3H3,(H2,20,21,22,23)/t12-,13-/m1/s1. The van der Waals surface area contributed by atoms with Crippen molar-refractivity contribution in [3.8, 4) is 0 Å². The van der Waals surface area contributed by atoms with Crippen LogP contribution in [0, 0.1) is 17.0 Å². The van der Waals surface area contributed by atoms with Gasteiger partial charge in [0.15, 0.2) is 0 Å². The minimum absolute atomic E-state index is 0.0184. The van der Waals surface area contributed by atoms with Gasteiger partial charge in [-0.3, -0.25) is 19.5 Å². The second kappa shape index (κ2) is 8.46. The number of nitrogens with one attached hydrogen (secondary N) is 2. The second-order valence-corrected chi connectivity index (χ2v) is 6.63. The molecule has 0 saturated heterocycles. The van der Waals surface area contributed by atoms with Gasteiger partial charge >= 0.3 is 5.69 Å². The normalized spacial score (nSPS) is 13.1. The molecule has 3 rings (SSSR count). The summed E-state index contributed by atoms with van der Waals surface area (Å²) in [5, 5.41) is 26.2. The molecule has 28 heavy (non-hydrogen) atoms. The van der Waals surface area contributed by atoms with E-state index in [1.807, 2.05) is 38.4 Å². The Morgan fingerprint density at radius 2 is 1.61 bits per heavy atom. The molecule has 11 heteroatoms. The zero-order valence-electron chi connectivity index (χ0n) is 16.0. The number of rotatable bonds is 9. The number of aryl methyl sites for hydroxylation is 1. The lowest BCUT2D eigenvalue weighted by atomic mass is 10.3. The molecule has 0 spiro atoms. The minimum atomic E-state index is -0.463. The van der Waals surface area contributed by atoms with Crippen molar-refractivity contribution in [1.29, 1.82) is 0 Å². The summed E-state index contributed by atoms with van der Waals surface area (Å²) in [5.74, 6) is 0.516. The predicted molar refractivity (Wildman–Crippen MR) is 104 cm³/mol. The molecule has 2 atom stereocenters.